The molecule has 16 heavy (non-hydrogen) atoms. The van der Waals surface area contributed by atoms with Gasteiger partial charge in [-0.25, -0.2) is 0 Å². The molecule has 84 valence electrons. The minimum absolute atomic E-state index is 0.283. The summed E-state index contributed by atoms with van der Waals surface area (Å²) in [6, 6.07) is 3.47. The van der Waals surface area contributed by atoms with E-state index in [1.165, 1.54) is 6.21 Å². The van der Waals surface area contributed by atoms with Crippen LogP contribution in [0.4, 0.5) is 5.69 Å². The maximum Gasteiger partial charge on any atom is 0.317 e. The molecule has 1 aromatic heterocycles. The third-order valence-electron chi connectivity index (χ3n) is 2.37. The first-order chi connectivity index (χ1) is 7.74. The normalized spacial score (nSPS) is 22.6. The van der Waals surface area contributed by atoms with Gasteiger partial charge in [-0.3, -0.25) is 14.8 Å². The molecule has 5 nitrogen and oxygen atoms in total. The first kappa shape index (κ1) is 10.8. The van der Waals surface area contributed by atoms with Crippen LogP contribution in [0.15, 0.2) is 23.3 Å². The van der Waals surface area contributed by atoms with E-state index in [0.29, 0.717) is 11.4 Å². The van der Waals surface area contributed by atoms with Gasteiger partial charge in [-0.15, -0.1) is 0 Å². The molecule has 0 saturated heterocycles. The number of nitrogens with zero attached hydrogens (tertiary/aromatic N) is 2. The summed E-state index contributed by atoms with van der Waals surface area (Å²) in [6.45, 7) is 2.00. The molecular formula is C11H12N2O3. The van der Waals surface area contributed by atoms with Crippen molar-refractivity contribution in [2.24, 2.45) is 10.9 Å². The number of fused-ring (bicyclic) bond motifs is 1. The Labute approximate surface area is 92.8 Å². The molecule has 0 fully saturated rings. The number of aromatic nitrogens is 1. The van der Waals surface area contributed by atoms with Crippen LogP contribution in [0.5, 0.6) is 0 Å². The largest absolute Gasteiger partial charge is 0.465 e. The molecule has 5 heteroatoms. The summed E-state index contributed by atoms with van der Waals surface area (Å²) >= 11 is 0. The molecule has 2 unspecified atom stereocenters. The number of rotatable bonds is 2. The first-order valence-corrected chi connectivity index (χ1v) is 5.08. The van der Waals surface area contributed by atoms with Crippen molar-refractivity contribution < 1.29 is 14.6 Å². The van der Waals surface area contributed by atoms with Gasteiger partial charge in [-0.2, -0.15) is 0 Å². The van der Waals surface area contributed by atoms with Crippen molar-refractivity contribution in [3.63, 3.8) is 0 Å². The molecule has 1 aliphatic rings. The average molecular weight is 220 g/mol. The van der Waals surface area contributed by atoms with E-state index in [-0.39, 0.29) is 6.61 Å². The number of carbonyl (C=O) groups is 1. The van der Waals surface area contributed by atoms with E-state index in [1.807, 2.05) is 0 Å². The number of esters is 1. The Morgan fingerprint density at radius 1 is 1.62 bits per heavy atom. The lowest BCUT2D eigenvalue weighted by atomic mass is 9.97. The topological polar surface area (TPSA) is 71.8 Å². The van der Waals surface area contributed by atoms with Crippen LogP contribution in [0.3, 0.4) is 0 Å². The van der Waals surface area contributed by atoms with Crippen LogP contribution < -0.4 is 0 Å². The molecule has 0 amide bonds. The maximum absolute atomic E-state index is 11.5. The predicted octanol–water partition coefficient (Wildman–Crippen LogP) is 1.01. The summed E-state index contributed by atoms with van der Waals surface area (Å²) in [5.74, 6) is -1.24. The van der Waals surface area contributed by atoms with Gasteiger partial charge >= 0.3 is 5.97 Å². The number of aliphatic imine (C=N–C) groups is 1. The zero-order valence-corrected chi connectivity index (χ0v) is 8.83. The quantitative estimate of drug-likeness (QED) is 0.755. The molecule has 0 aliphatic carbocycles. The Morgan fingerprint density at radius 2 is 2.44 bits per heavy atom. The van der Waals surface area contributed by atoms with Gasteiger partial charge in [0.15, 0.2) is 0 Å². The van der Waals surface area contributed by atoms with Gasteiger partial charge in [0.05, 0.1) is 18.0 Å². The van der Waals surface area contributed by atoms with Gasteiger partial charge in [-0.1, -0.05) is 0 Å². The fraction of sp³-hybridized carbons (Fsp3) is 0.364. The smallest absolute Gasteiger partial charge is 0.317 e. The lowest BCUT2D eigenvalue weighted by Crippen LogP contribution is -2.28. The third-order valence-corrected chi connectivity index (χ3v) is 2.37. The third kappa shape index (κ3) is 1.81. The van der Waals surface area contributed by atoms with E-state index in [0.717, 1.165) is 0 Å². The SMILES string of the molecule is CCOC(=O)C1C=Nc2cccnc2C1O. The lowest BCUT2D eigenvalue weighted by molar-refractivity contribution is -0.148. The van der Waals surface area contributed by atoms with Crippen LogP contribution >= 0.6 is 0 Å². The highest BCUT2D eigenvalue weighted by molar-refractivity contribution is 5.93. The van der Waals surface area contributed by atoms with Gasteiger partial charge in [0, 0.05) is 12.4 Å². The minimum Gasteiger partial charge on any atom is -0.465 e. The number of ether oxygens (including phenoxy) is 1. The summed E-state index contributed by atoms with van der Waals surface area (Å²) in [6.07, 6.45) is 1.99. The Morgan fingerprint density at radius 3 is 3.19 bits per heavy atom. The Bertz CT molecular complexity index is 431. The summed E-state index contributed by atoms with van der Waals surface area (Å²) in [4.78, 5) is 19.6. The van der Waals surface area contributed by atoms with E-state index in [4.69, 9.17) is 4.74 Å². The number of hydrogen-bond acceptors (Lipinski definition) is 5. The highest BCUT2D eigenvalue weighted by Gasteiger charge is 2.33. The van der Waals surface area contributed by atoms with Crippen LogP contribution in [0.1, 0.15) is 18.7 Å². The fourth-order valence-electron chi connectivity index (χ4n) is 1.59. The van der Waals surface area contributed by atoms with Crippen molar-refractivity contribution in [1.29, 1.82) is 0 Å². The van der Waals surface area contributed by atoms with Gasteiger partial charge in [0.2, 0.25) is 0 Å². The molecular weight excluding hydrogens is 208 g/mol. The monoisotopic (exact) mass is 220 g/mol. The summed E-state index contributed by atoms with van der Waals surface area (Å²) in [7, 11) is 0. The Hall–Kier alpha value is -1.75. The standard InChI is InChI=1S/C11H12N2O3/c1-2-16-11(15)7-6-13-8-4-3-5-12-9(8)10(7)14/h3-7,10,14H,2H2,1H3. The van der Waals surface area contributed by atoms with Crippen molar-refractivity contribution in [2.75, 3.05) is 6.61 Å². The number of aliphatic hydroxyl groups is 1. The molecule has 0 saturated carbocycles. The van der Waals surface area contributed by atoms with Crippen LogP contribution in [-0.2, 0) is 9.53 Å². The highest BCUT2D eigenvalue weighted by atomic mass is 16.5. The van der Waals surface area contributed by atoms with E-state index in [9.17, 15) is 9.90 Å². The lowest BCUT2D eigenvalue weighted by Gasteiger charge is -2.21. The maximum atomic E-state index is 11.5. The van der Waals surface area contributed by atoms with Gasteiger partial charge in [-0.05, 0) is 19.1 Å². The summed E-state index contributed by atoms with van der Waals surface area (Å²) in [5, 5.41) is 9.96. The van der Waals surface area contributed by atoms with Gasteiger partial charge in [0.1, 0.15) is 12.0 Å². The minimum atomic E-state index is -0.979. The van der Waals surface area contributed by atoms with Crippen LogP contribution in [0.25, 0.3) is 0 Å². The molecule has 0 bridgehead atoms. The molecule has 0 spiro atoms. The molecule has 0 radical (unpaired) electrons. The Kier molecular flexibility index (Phi) is 2.96. The first-order valence-electron chi connectivity index (χ1n) is 5.08. The van der Waals surface area contributed by atoms with Crippen LogP contribution in [-0.4, -0.2) is 28.9 Å². The molecule has 1 N–H and O–H groups in total. The summed E-state index contributed by atoms with van der Waals surface area (Å²) in [5.41, 5.74) is 1.01. The second kappa shape index (κ2) is 4.40. The molecule has 1 aromatic rings. The number of aliphatic hydroxyl groups excluding tert-OH is 1. The average Bonchev–Trinajstić information content (AvgIpc) is 2.30. The van der Waals surface area contributed by atoms with Crippen molar-refractivity contribution in [2.45, 2.75) is 13.0 Å². The zero-order chi connectivity index (χ0) is 11.5. The van der Waals surface area contributed by atoms with Gasteiger partial charge in [0.25, 0.3) is 0 Å². The molecule has 2 heterocycles. The predicted molar refractivity (Wildman–Crippen MR) is 57.5 cm³/mol. The number of hydrogen-bond donors (Lipinski definition) is 1. The fourth-order valence-corrected chi connectivity index (χ4v) is 1.59. The molecule has 0 aromatic carbocycles. The summed E-state index contributed by atoms with van der Waals surface area (Å²) < 4.78 is 4.85. The van der Waals surface area contributed by atoms with Crippen LogP contribution in [0.2, 0.25) is 0 Å². The van der Waals surface area contributed by atoms with Crippen molar-refractivity contribution in [1.82, 2.24) is 4.98 Å². The molecule has 2 rings (SSSR count). The van der Waals surface area contributed by atoms with Gasteiger partial charge < -0.3 is 9.84 Å². The second-order valence-corrected chi connectivity index (χ2v) is 3.41. The van der Waals surface area contributed by atoms with E-state index < -0.39 is 18.0 Å². The van der Waals surface area contributed by atoms with E-state index >= 15 is 0 Å². The number of pyridine rings is 1. The van der Waals surface area contributed by atoms with Crippen molar-refractivity contribution in [3.05, 3.63) is 24.0 Å². The highest BCUT2D eigenvalue weighted by Crippen LogP contribution is 2.32. The van der Waals surface area contributed by atoms with E-state index in [2.05, 4.69) is 9.98 Å². The van der Waals surface area contributed by atoms with Crippen molar-refractivity contribution in [3.8, 4) is 0 Å². The van der Waals surface area contributed by atoms with E-state index in [1.54, 1.807) is 25.3 Å². The number of carbonyl (C=O) groups excluding carboxylic acids is 1. The van der Waals surface area contributed by atoms with Crippen molar-refractivity contribution >= 4 is 17.9 Å². The second-order valence-electron chi connectivity index (χ2n) is 3.41. The Balaban J connectivity index is 2.27. The molecule has 1 aliphatic heterocycles. The molecule has 2 atom stereocenters. The zero-order valence-electron chi connectivity index (χ0n) is 8.83. The van der Waals surface area contributed by atoms with Crippen LogP contribution in [0, 0.1) is 5.92 Å².